The van der Waals surface area contributed by atoms with Crippen molar-refractivity contribution in [3.63, 3.8) is 0 Å². The molecule has 0 radical (unpaired) electrons. The normalized spacial score (nSPS) is 10.1. The number of halogens is 1. The van der Waals surface area contributed by atoms with Gasteiger partial charge in [-0.1, -0.05) is 29.7 Å². The van der Waals surface area contributed by atoms with Gasteiger partial charge in [0.2, 0.25) is 0 Å². The lowest BCUT2D eigenvalue weighted by atomic mass is 10.1. The average Bonchev–Trinajstić information content (AvgIpc) is 2.28. The van der Waals surface area contributed by atoms with E-state index in [-0.39, 0.29) is 0 Å². The number of rotatable bonds is 6. The molecule has 1 aromatic rings. The first kappa shape index (κ1) is 13.4. The minimum Gasteiger partial charge on any atom is -0.312 e. The molecule has 0 saturated carbocycles. The summed E-state index contributed by atoms with van der Waals surface area (Å²) >= 11 is 7.81. The second-order valence-corrected chi connectivity index (χ2v) is 5.03. The lowest BCUT2D eigenvalue weighted by molar-refractivity contribution is 0.732. The summed E-state index contributed by atoms with van der Waals surface area (Å²) in [5.74, 6) is 4.44. The van der Waals surface area contributed by atoms with Gasteiger partial charge in [-0.3, -0.25) is 0 Å². The van der Waals surface area contributed by atoms with E-state index >= 15 is 0 Å². The quantitative estimate of drug-likeness (QED) is 0.618. The Balaban J connectivity index is 2.22. The first-order valence-electron chi connectivity index (χ1n) is 5.21. The molecule has 0 aliphatic carbocycles. The van der Waals surface area contributed by atoms with Crippen LogP contribution in [-0.2, 0) is 6.54 Å². The molecular weight excluding hydrogens is 238 g/mol. The van der Waals surface area contributed by atoms with E-state index in [0.717, 1.165) is 35.2 Å². The van der Waals surface area contributed by atoms with E-state index in [1.54, 1.807) is 11.8 Å². The van der Waals surface area contributed by atoms with E-state index in [4.69, 9.17) is 18.0 Å². The van der Waals surface area contributed by atoms with Gasteiger partial charge in [0, 0.05) is 23.9 Å². The van der Waals surface area contributed by atoms with E-state index in [0.29, 0.717) is 0 Å². The van der Waals surface area contributed by atoms with Gasteiger partial charge in [-0.25, -0.2) is 0 Å². The number of benzene rings is 1. The van der Waals surface area contributed by atoms with Crippen LogP contribution in [-0.4, -0.2) is 18.1 Å². The maximum absolute atomic E-state index is 6.04. The van der Waals surface area contributed by atoms with Crippen LogP contribution in [0.15, 0.2) is 18.2 Å². The molecule has 0 bridgehead atoms. The molecule has 0 aliphatic rings. The van der Waals surface area contributed by atoms with Crippen molar-refractivity contribution in [1.82, 2.24) is 5.32 Å². The summed E-state index contributed by atoms with van der Waals surface area (Å²) < 4.78 is 0. The smallest absolute Gasteiger partial charge is 0.0545 e. The highest BCUT2D eigenvalue weighted by Gasteiger charge is 1.97. The second-order valence-electron chi connectivity index (χ2n) is 3.52. The predicted octanol–water partition coefficient (Wildman–Crippen LogP) is 3.10. The molecule has 1 nitrogen and oxygen atoms in total. The standard InChI is InChI=1S/C13H16ClNS/c1-3-7-16-8-6-15-10-12-5-4-11(2)13(14)9-12/h1,4-5,9,15H,6-8,10H2,2H3. The highest BCUT2D eigenvalue weighted by molar-refractivity contribution is 7.99. The van der Waals surface area contributed by atoms with Crippen molar-refractivity contribution in [2.45, 2.75) is 13.5 Å². The fraction of sp³-hybridized carbons (Fsp3) is 0.385. The van der Waals surface area contributed by atoms with Gasteiger partial charge in [0.1, 0.15) is 0 Å². The van der Waals surface area contributed by atoms with Crippen molar-refractivity contribution in [2.24, 2.45) is 0 Å². The van der Waals surface area contributed by atoms with Gasteiger partial charge in [0.05, 0.1) is 5.75 Å². The Labute approximate surface area is 107 Å². The van der Waals surface area contributed by atoms with Gasteiger partial charge in [-0.15, -0.1) is 18.2 Å². The number of terminal acetylenes is 1. The lowest BCUT2D eigenvalue weighted by Gasteiger charge is -2.05. The molecule has 0 fully saturated rings. The first-order chi connectivity index (χ1) is 7.74. The summed E-state index contributed by atoms with van der Waals surface area (Å²) in [5, 5.41) is 4.19. The third kappa shape index (κ3) is 4.94. The van der Waals surface area contributed by atoms with Gasteiger partial charge in [-0.2, -0.15) is 0 Å². The Kier molecular flexibility index (Phi) is 6.40. The molecule has 1 aromatic carbocycles. The minimum absolute atomic E-state index is 0.790. The molecular formula is C13H16ClNS. The topological polar surface area (TPSA) is 12.0 Å². The van der Waals surface area contributed by atoms with Crippen LogP contribution < -0.4 is 5.32 Å². The molecule has 0 aliphatic heterocycles. The van der Waals surface area contributed by atoms with E-state index < -0.39 is 0 Å². The average molecular weight is 254 g/mol. The number of nitrogens with one attached hydrogen (secondary N) is 1. The van der Waals surface area contributed by atoms with Crippen molar-refractivity contribution in [3.8, 4) is 12.3 Å². The van der Waals surface area contributed by atoms with Crippen LogP contribution in [0.3, 0.4) is 0 Å². The maximum Gasteiger partial charge on any atom is 0.0545 e. The van der Waals surface area contributed by atoms with Gasteiger partial charge >= 0.3 is 0 Å². The summed E-state index contributed by atoms with van der Waals surface area (Å²) in [5.41, 5.74) is 2.34. The van der Waals surface area contributed by atoms with Crippen LogP contribution in [0.1, 0.15) is 11.1 Å². The zero-order chi connectivity index (χ0) is 11.8. The molecule has 0 atom stereocenters. The SMILES string of the molecule is C#CCSCCNCc1ccc(C)c(Cl)c1. The summed E-state index contributed by atoms with van der Waals surface area (Å²) in [6.07, 6.45) is 5.16. The fourth-order valence-corrected chi connectivity index (χ4v) is 2.01. The van der Waals surface area contributed by atoms with Crippen molar-refractivity contribution in [3.05, 3.63) is 34.3 Å². The number of hydrogen-bond donors (Lipinski definition) is 1. The van der Waals surface area contributed by atoms with Gasteiger partial charge in [0.25, 0.3) is 0 Å². The zero-order valence-corrected chi connectivity index (χ0v) is 11.0. The summed E-state index contributed by atoms with van der Waals surface area (Å²) in [4.78, 5) is 0. The van der Waals surface area contributed by atoms with E-state index in [2.05, 4.69) is 17.3 Å². The monoisotopic (exact) mass is 253 g/mol. The molecule has 0 heterocycles. The first-order valence-corrected chi connectivity index (χ1v) is 6.74. The van der Waals surface area contributed by atoms with Gasteiger partial charge < -0.3 is 5.32 Å². The highest BCUT2D eigenvalue weighted by Crippen LogP contribution is 2.16. The summed E-state index contributed by atoms with van der Waals surface area (Å²) in [6, 6.07) is 6.16. The van der Waals surface area contributed by atoms with Crippen LogP contribution in [0, 0.1) is 19.3 Å². The molecule has 0 spiro atoms. The number of aryl methyl sites for hydroxylation is 1. The van der Waals surface area contributed by atoms with Gasteiger partial charge in [-0.05, 0) is 24.1 Å². The maximum atomic E-state index is 6.04. The van der Waals surface area contributed by atoms with E-state index in [1.807, 2.05) is 19.1 Å². The Morgan fingerprint density at radius 2 is 2.31 bits per heavy atom. The molecule has 1 N–H and O–H groups in total. The molecule has 86 valence electrons. The van der Waals surface area contributed by atoms with Crippen LogP contribution >= 0.6 is 23.4 Å². The third-order valence-corrected chi connectivity index (χ3v) is 3.44. The third-order valence-electron chi connectivity index (χ3n) is 2.17. The Hall–Kier alpha value is -0.620. The van der Waals surface area contributed by atoms with Crippen molar-refractivity contribution in [2.75, 3.05) is 18.1 Å². The largest absolute Gasteiger partial charge is 0.312 e. The molecule has 0 saturated heterocycles. The summed E-state index contributed by atoms with van der Waals surface area (Å²) in [7, 11) is 0. The number of hydrogen-bond acceptors (Lipinski definition) is 2. The minimum atomic E-state index is 0.790. The highest BCUT2D eigenvalue weighted by atomic mass is 35.5. The predicted molar refractivity (Wildman–Crippen MR) is 74.1 cm³/mol. The molecule has 3 heteroatoms. The van der Waals surface area contributed by atoms with Crippen molar-refractivity contribution < 1.29 is 0 Å². The molecule has 0 unspecified atom stereocenters. The Morgan fingerprint density at radius 1 is 1.50 bits per heavy atom. The number of thioether (sulfide) groups is 1. The Bertz CT molecular complexity index is 371. The van der Waals surface area contributed by atoms with Crippen molar-refractivity contribution in [1.29, 1.82) is 0 Å². The zero-order valence-electron chi connectivity index (χ0n) is 9.42. The van der Waals surface area contributed by atoms with Gasteiger partial charge in [0.15, 0.2) is 0 Å². The molecule has 0 amide bonds. The fourth-order valence-electron chi connectivity index (χ4n) is 1.25. The summed E-state index contributed by atoms with van der Waals surface area (Å²) in [6.45, 7) is 3.84. The van der Waals surface area contributed by atoms with E-state index in [9.17, 15) is 0 Å². The van der Waals surface area contributed by atoms with Crippen LogP contribution in [0.4, 0.5) is 0 Å². The lowest BCUT2D eigenvalue weighted by Crippen LogP contribution is -2.16. The van der Waals surface area contributed by atoms with Crippen LogP contribution in [0.25, 0.3) is 0 Å². The van der Waals surface area contributed by atoms with Crippen molar-refractivity contribution >= 4 is 23.4 Å². The molecule has 16 heavy (non-hydrogen) atoms. The molecule has 1 rings (SSSR count). The second kappa shape index (κ2) is 7.62. The van der Waals surface area contributed by atoms with Crippen LogP contribution in [0.5, 0.6) is 0 Å². The molecule has 0 aromatic heterocycles. The van der Waals surface area contributed by atoms with Crippen LogP contribution in [0.2, 0.25) is 5.02 Å². The van der Waals surface area contributed by atoms with E-state index in [1.165, 1.54) is 5.56 Å². The Morgan fingerprint density at radius 3 is 3.00 bits per heavy atom.